The van der Waals surface area contributed by atoms with E-state index in [1.54, 1.807) is 6.33 Å². The number of hydrogen-bond donors (Lipinski definition) is 3. The number of halogens is 1. The Kier molecular flexibility index (Phi) is 5.39. The van der Waals surface area contributed by atoms with Gasteiger partial charge in [0.2, 0.25) is 0 Å². The van der Waals surface area contributed by atoms with Crippen LogP contribution in [0.15, 0.2) is 10.8 Å². The lowest BCUT2D eigenvalue weighted by atomic mass is 9.86. The highest BCUT2D eigenvalue weighted by Gasteiger charge is 2.23. The third kappa shape index (κ3) is 3.79. The SMILES string of the molecule is CCNc1ncnc(NCC2CCCCC2O)c1Br. The summed E-state index contributed by atoms with van der Waals surface area (Å²) in [5.41, 5.74) is 0. The molecule has 0 bridgehead atoms. The number of aliphatic hydroxyl groups is 1. The summed E-state index contributed by atoms with van der Waals surface area (Å²) < 4.78 is 0.849. The Labute approximate surface area is 122 Å². The quantitative estimate of drug-likeness (QED) is 0.775. The molecule has 6 heteroatoms. The van der Waals surface area contributed by atoms with Crippen molar-refractivity contribution in [2.24, 2.45) is 5.92 Å². The van der Waals surface area contributed by atoms with E-state index in [2.05, 4.69) is 36.5 Å². The lowest BCUT2D eigenvalue weighted by molar-refractivity contribution is 0.0763. The second-order valence-electron chi connectivity index (χ2n) is 4.91. The predicted molar refractivity (Wildman–Crippen MR) is 80.4 cm³/mol. The van der Waals surface area contributed by atoms with Gasteiger partial charge < -0.3 is 15.7 Å². The number of rotatable bonds is 5. The first-order valence-electron chi connectivity index (χ1n) is 6.88. The van der Waals surface area contributed by atoms with Crippen LogP contribution in [0.2, 0.25) is 0 Å². The van der Waals surface area contributed by atoms with Gasteiger partial charge in [0.05, 0.1) is 6.10 Å². The van der Waals surface area contributed by atoms with Crippen molar-refractivity contribution in [3.8, 4) is 0 Å². The molecule has 1 aromatic rings. The molecule has 1 aromatic heterocycles. The van der Waals surface area contributed by atoms with Crippen LogP contribution in [-0.2, 0) is 0 Å². The topological polar surface area (TPSA) is 70.1 Å². The van der Waals surface area contributed by atoms with Gasteiger partial charge >= 0.3 is 0 Å². The maximum absolute atomic E-state index is 9.96. The van der Waals surface area contributed by atoms with Gasteiger partial charge in [0.1, 0.15) is 22.4 Å². The van der Waals surface area contributed by atoms with E-state index in [0.717, 1.165) is 48.5 Å². The maximum Gasteiger partial charge on any atom is 0.145 e. The number of nitrogens with zero attached hydrogens (tertiary/aromatic N) is 2. The highest BCUT2D eigenvalue weighted by Crippen LogP contribution is 2.28. The summed E-state index contributed by atoms with van der Waals surface area (Å²) in [5.74, 6) is 1.89. The van der Waals surface area contributed by atoms with Crippen molar-refractivity contribution in [2.75, 3.05) is 23.7 Å². The summed E-state index contributed by atoms with van der Waals surface area (Å²) >= 11 is 3.51. The summed E-state index contributed by atoms with van der Waals surface area (Å²) in [6, 6.07) is 0. The van der Waals surface area contributed by atoms with Crippen LogP contribution >= 0.6 is 15.9 Å². The predicted octanol–water partition coefficient (Wildman–Crippen LogP) is 2.63. The molecule has 0 radical (unpaired) electrons. The van der Waals surface area contributed by atoms with Crippen LogP contribution in [0.1, 0.15) is 32.6 Å². The highest BCUT2D eigenvalue weighted by molar-refractivity contribution is 9.10. The van der Waals surface area contributed by atoms with Gasteiger partial charge in [-0.2, -0.15) is 0 Å². The lowest BCUT2D eigenvalue weighted by Crippen LogP contribution is -2.30. The van der Waals surface area contributed by atoms with Crippen molar-refractivity contribution in [1.82, 2.24) is 9.97 Å². The van der Waals surface area contributed by atoms with E-state index >= 15 is 0 Å². The van der Waals surface area contributed by atoms with Gasteiger partial charge in [-0.15, -0.1) is 0 Å². The minimum atomic E-state index is -0.185. The molecule has 1 aliphatic carbocycles. The average Bonchev–Trinajstić information content (AvgIpc) is 2.42. The molecule has 106 valence electrons. The van der Waals surface area contributed by atoms with Gasteiger partial charge in [-0.3, -0.25) is 0 Å². The lowest BCUT2D eigenvalue weighted by Gasteiger charge is -2.27. The zero-order valence-corrected chi connectivity index (χ0v) is 12.8. The summed E-state index contributed by atoms with van der Waals surface area (Å²) in [4.78, 5) is 8.42. The van der Waals surface area contributed by atoms with E-state index in [1.165, 1.54) is 6.42 Å². The van der Waals surface area contributed by atoms with Gasteiger partial charge in [-0.1, -0.05) is 12.8 Å². The van der Waals surface area contributed by atoms with Crippen molar-refractivity contribution in [3.63, 3.8) is 0 Å². The molecular weight excluding hydrogens is 308 g/mol. The van der Waals surface area contributed by atoms with E-state index in [4.69, 9.17) is 0 Å². The monoisotopic (exact) mass is 328 g/mol. The molecule has 5 nitrogen and oxygen atoms in total. The fraction of sp³-hybridized carbons (Fsp3) is 0.692. The molecule has 1 fully saturated rings. The van der Waals surface area contributed by atoms with E-state index in [-0.39, 0.29) is 6.10 Å². The largest absolute Gasteiger partial charge is 0.393 e. The minimum absolute atomic E-state index is 0.185. The molecule has 0 spiro atoms. The third-order valence-corrected chi connectivity index (χ3v) is 4.29. The van der Waals surface area contributed by atoms with Crippen molar-refractivity contribution in [1.29, 1.82) is 0 Å². The van der Waals surface area contributed by atoms with Crippen LogP contribution in [0.3, 0.4) is 0 Å². The number of nitrogens with one attached hydrogen (secondary N) is 2. The van der Waals surface area contributed by atoms with Crippen molar-refractivity contribution in [2.45, 2.75) is 38.7 Å². The molecule has 0 aliphatic heterocycles. The van der Waals surface area contributed by atoms with Crippen molar-refractivity contribution < 1.29 is 5.11 Å². The first kappa shape index (κ1) is 14.5. The molecule has 1 aliphatic rings. The van der Waals surface area contributed by atoms with Crippen LogP contribution in [-0.4, -0.2) is 34.3 Å². The third-order valence-electron chi connectivity index (χ3n) is 3.53. The van der Waals surface area contributed by atoms with E-state index in [9.17, 15) is 5.11 Å². The van der Waals surface area contributed by atoms with Crippen LogP contribution in [0.25, 0.3) is 0 Å². The molecule has 2 atom stereocenters. The molecular formula is C13H21BrN4O. The Morgan fingerprint density at radius 1 is 1.26 bits per heavy atom. The van der Waals surface area contributed by atoms with Gasteiger partial charge in [0.25, 0.3) is 0 Å². The number of anilines is 2. The van der Waals surface area contributed by atoms with Gasteiger partial charge in [0.15, 0.2) is 0 Å². The molecule has 3 N–H and O–H groups in total. The summed E-state index contributed by atoms with van der Waals surface area (Å²) in [6.07, 6.45) is 5.70. The number of aromatic nitrogens is 2. The molecule has 2 unspecified atom stereocenters. The maximum atomic E-state index is 9.96. The van der Waals surface area contributed by atoms with Gasteiger partial charge in [0, 0.05) is 19.0 Å². The molecule has 1 heterocycles. The Morgan fingerprint density at radius 2 is 1.95 bits per heavy atom. The molecule has 2 rings (SSSR count). The second kappa shape index (κ2) is 7.05. The molecule has 0 aromatic carbocycles. The van der Waals surface area contributed by atoms with Crippen LogP contribution in [0.4, 0.5) is 11.6 Å². The molecule has 1 saturated carbocycles. The first-order chi connectivity index (χ1) is 9.22. The normalized spacial score (nSPS) is 23.1. The second-order valence-corrected chi connectivity index (χ2v) is 5.70. The van der Waals surface area contributed by atoms with Crippen LogP contribution in [0, 0.1) is 5.92 Å². The minimum Gasteiger partial charge on any atom is -0.393 e. The highest BCUT2D eigenvalue weighted by atomic mass is 79.9. The van der Waals surface area contributed by atoms with Gasteiger partial charge in [-0.25, -0.2) is 9.97 Å². The Hall–Kier alpha value is -0.880. The summed E-state index contributed by atoms with van der Waals surface area (Å²) in [5, 5.41) is 16.4. The molecule has 0 saturated heterocycles. The summed E-state index contributed by atoms with van der Waals surface area (Å²) in [6.45, 7) is 3.60. The zero-order chi connectivity index (χ0) is 13.7. The van der Waals surface area contributed by atoms with Crippen LogP contribution < -0.4 is 10.6 Å². The smallest absolute Gasteiger partial charge is 0.145 e. The van der Waals surface area contributed by atoms with Crippen molar-refractivity contribution in [3.05, 3.63) is 10.8 Å². The Balaban J connectivity index is 1.97. The van der Waals surface area contributed by atoms with E-state index in [1.807, 2.05) is 6.92 Å². The van der Waals surface area contributed by atoms with Crippen LogP contribution in [0.5, 0.6) is 0 Å². The fourth-order valence-corrected chi connectivity index (χ4v) is 2.92. The number of hydrogen-bond acceptors (Lipinski definition) is 5. The number of aliphatic hydroxyl groups excluding tert-OH is 1. The summed E-state index contributed by atoms with van der Waals surface area (Å²) in [7, 11) is 0. The van der Waals surface area contributed by atoms with Gasteiger partial charge in [-0.05, 0) is 35.7 Å². The standard InChI is InChI=1S/C13H21BrN4O/c1-2-15-12-11(14)13(18-8-17-12)16-7-9-5-3-4-6-10(9)19/h8-10,19H,2-7H2,1H3,(H2,15,16,17,18). The van der Waals surface area contributed by atoms with E-state index < -0.39 is 0 Å². The first-order valence-corrected chi connectivity index (χ1v) is 7.68. The Morgan fingerprint density at radius 3 is 2.63 bits per heavy atom. The molecule has 0 amide bonds. The van der Waals surface area contributed by atoms with Crippen molar-refractivity contribution >= 4 is 27.6 Å². The average molecular weight is 329 g/mol. The van der Waals surface area contributed by atoms with E-state index in [0.29, 0.717) is 5.92 Å². The fourth-order valence-electron chi connectivity index (χ4n) is 2.44. The Bertz CT molecular complexity index is 416. The molecule has 19 heavy (non-hydrogen) atoms. The zero-order valence-electron chi connectivity index (χ0n) is 11.2.